The van der Waals surface area contributed by atoms with Crippen molar-refractivity contribution < 1.29 is 14.1 Å². The summed E-state index contributed by atoms with van der Waals surface area (Å²) in [4.78, 5) is 17.0. The molecule has 1 aromatic heterocycles. The summed E-state index contributed by atoms with van der Waals surface area (Å²) in [5.74, 6) is 0.719. The zero-order valence-corrected chi connectivity index (χ0v) is 15.4. The zero-order chi connectivity index (χ0) is 18.3. The molecular formula is C18H21ClN4O3. The van der Waals surface area contributed by atoms with E-state index in [0.717, 1.165) is 19.4 Å². The summed E-state index contributed by atoms with van der Waals surface area (Å²) in [7, 11) is 0. The van der Waals surface area contributed by atoms with Gasteiger partial charge in [0, 0.05) is 23.2 Å². The summed E-state index contributed by atoms with van der Waals surface area (Å²) in [6.45, 7) is 4.47. The van der Waals surface area contributed by atoms with Crippen LogP contribution in [0.5, 0.6) is 0 Å². The quantitative estimate of drug-likeness (QED) is 0.852. The van der Waals surface area contributed by atoms with Crippen molar-refractivity contribution in [2.75, 3.05) is 6.61 Å². The number of hydrogen-bond acceptors (Lipinski definition) is 6. The second kappa shape index (κ2) is 6.64. The van der Waals surface area contributed by atoms with Crippen molar-refractivity contribution in [1.29, 1.82) is 0 Å². The molecule has 0 radical (unpaired) electrons. The van der Waals surface area contributed by atoms with Gasteiger partial charge in [0.05, 0.1) is 17.7 Å². The van der Waals surface area contributed by atoms with E-state index in [0.29, 0.717) is 28.3 Å². The van der Waals surface area contributed by atoms with Gasteiger partial charge in [-0.2, -0.15) is 4.98 Å². The topological polar surface area (TPSA) is 89.3 Å². The number of ether oxygens (including phenoxy) is 1. The van der Waals surface area contributed by atoms with Crippen molar-refractivity contribution in [3.8, 4) is 0 Å². The molecule has 0 unspecified atom stereocenters. The second-order valence-corrected chi connectivity index (χ2v) is 7.74. The highest BCUT2D eigenvalue weighted by Gasteiger charge is 2.41. The van der Waals surface area contributed by atoms with E-state index in [1.807, 2.05) is 13.8 Å². The number of halogens is 1. The highest BCUT2D eigenvalue weighted by molar-refractivity contribution is 6.30. The number of nitrogens with zero attached hydrogens (tertiary/aromatic N) is 2. The summed E-state index contributed by atoms with van der Waals surface area (Å²) in [5, 5.41) is 11.0. The first-order valence-corrected chi connectivity index (χ1v) is 9.10. The Morgan fingerprint density at radius 3 is 3.04 bits per heavy atom. The maximum absolute atomic E-state index is 12.5. The van der Waals surface area contributed by atoms with Crippen LogP contribution >= 0.6 is 11.6 Å². The van der Waals surface area contributed by atoms with Crippen LogP contribution < -0.4 is 10.6 Å². The van der Waals surface area contributed by atoms with Gasteiger partial charge in [0.2, 0.25) is 5.89 Å². The first-order chi connectivity index (χ1) is 12.4. The largest absolute Gasteiger partial charge is 0.376 e. The molecule has 0 spiro atoms. The molecule has 8 heteroatoms. The van der Waals surface area contributed by atoms with Gasteiger partial charge in [-0.05, 0) is 44.9 Å². The average molecular weight is 377 g/mol. The fourth-order valence-corrected chi connectivity index (χ4v) is 3.66. The highest BCUT2D eigenvalue weighted by Crippen LogP contribution is 2.33. The minimum absolute atomic E-state index is 0.00835. The molecule has 7 nitrogen and oxygen atoms in total. The predicted octanol–water partition coefficient (Wildman–Crippen LogP) is 2.58. The molecule has 3 atom stereocenters. The van der Waals surface area contributed by atoms with Gasteiger partial charge in [0.1, 0.15) is 0 Å². The monoisotopic (exact) mass is 376 g/mol. The number of rotatable bonds is 4. The van der Waals surface area contributed by atoms with Crippen LogP contribution in [0.3, 0.4) is 0 Å². The maximum Gasteiger partial charge on any atom is 0.252 e. The molecule has 2 N–H and O–H groups in total. The normalized spacial score (nSPS) is 25.3. The molecule has 0 aliphatic carbocycles. The Bertz CT molecular complexity index is 810. The predicted molar refractivity (Wildman–Crippen MR) is 94.9 cm³/mol. The Hall–Kier alpha value is -1.96. The molecule has 0 bridgehead atoms. The lowest BCUT2D eigenvalue weighted by atomic mass is 10.0. The number of amides is 1. The first kappa shape index (κ1) is 17.5. The Morgan fingerprint density at radius 2 is 2.27 bits per heavy atom. The number of carbonyl (C=O) groups is 1. The summed E-state index contributed by atoms with van der Waals surface area (Å²) >= 11 is 5.96. The third-order valence-corrected chi connectivity index (χ3v) is 5.14. The van der Waals surface area contributed by atoms with Crippen molar-refractivity contribution in [3.63, 3.8) is 0 Å². The van der Waals surface area contributed by atoms with Crippen LogP contribution in [0.15, 0.2) is 28.8 Å². The third kappa shape index (κ3) is 3.34. The molecule has 2 fully saturated rings. The molecule has 1 amide bonds. The van der Waals surface area contributed by atoms with E-state index in [-0.39, 0.29) is 18.1 Å². The number of nitrogens with one attached hydrogen (secondary N) is 2. The summed E-state index contributed by atoms with van der Waals surface area (Å²) in [6.07, 6.45) is 2.04. The van der Waals surface area contributed by atoms with E-state index in [4.69, 9.17) is 20.9 Å². The molecular weight excluding hydrogens is 356 g/mol. The van der Waals surface area contributed by atoms with Gasteiger partial charge < -0.3 is 19.9 Å². The minimum atomic E-state index is -0.786. The van der Waals surface area contributed by atoms with Crippen LogP contribution in [0.2, 0.25) is 5.02 Å². The molecule has 1 aromatic carbocycles. The fraction of sp³-hybridized carbons (Fsp3) is 0.500. The van der Waals surface area contributed by atoms with Crippen molar-refractivity contribution in [2.24, 2.45) is 0 Å². The maximum atomic E-state index is 12.5. The molecule has 0 saturated carbocycles. The zero-order valence-electron chi connectivity index (χ0n) is 14.7. The van der Waals surface area contributed by atoms with Crippen molar-refractivity contribution in [1.82, 2.24) is 20.8 Å². The Balaban J connectivity index is 1.46. The third-order valence-electron chi connectivity index (χ3n) is 4.90. The molecule has 138 valence electrons. The molecule has 2 saturated heterocycles. The molecule has 2 aromatic rings. The average Bonchev–Trinajstić information content (AvgIpc) is 3.29. The lowest BCUT2D eigenvalue weighted by Crippen LogP contribution is -2.42. The van der Waals surface area contributed by atoms with Crippen molar-refractivity contribution >= 4 is 17.5 Å². The summed E-state index contributed by atoms with van der Waals surface area (Å²) in [6, 6.07) is 7.14. The van der Waals surface area contributed by atoms with Crippen LogP contribution in [0.1, 0.15) is 54.8 Å². The van der Waals surface area contributed by atoms with Gasteiger partial charge >= 0.3 is 0 Å². The number of aromatic nitrogens is 2. The van der Waals surface area contributed by atoms with Crippen molar-refractivity contribution in [3.05, 3.63) is 46.6 Å². The van der Waals surface area contributed by atoms with Crippen LogP contribution in [-0.4, -0.2) is 34.8 Å². The number of fused-ring (bicyclic) bond motifs is 1. The summed E-state index contributed by atoms with van der Waals surface area (Å²) < 4.78 is 11.1. The van der Waals surface area contributed by atoms with Crippen LogP contribution in [0, 0.1) is 0 Å². The van der Waals surface area contributed by atoms with Crippen LogP contribution in [0.25, 0.3) is 0 Å². The highest BCUT2D eigenvalue weighted by atomic mass is 35.5. The summed E-state index contributed by atoms with van der Waals surface area (Å²) in [5.41, 5.74) is -0.303. The molecule has 2 aliphatic rings. The van der Waals surface area contributed by atoms with Gasteiger partial charge in [-0.15, -0.1) is 0 Å². The SMILES string of the molecule is CC(C)(NC(=O)c1cccc(Cl)c1)c1noc([C@@H]2C[C@@H]3OCC[C@@H]3N2)n1. The van der Waals surface area contributed by atoms with Gasteiger partial charge in [0.25, 0.3) is 5.91 Å². The number of hydrogen-bond donors (Lipinski definition) is 2. The van der Waals surface area contributed by atoms with Crippen molar-refractivity contribution in [2.45, 2.75) is 50.4 Å². The van der Waals surface area contributed by atoms with E-state index < -0.39 is 5.54 Å². The lowest BCUT2D eigenvalue weighted by Gasteiger charge is -2.22. The first-order valence-electron chi connectivity index (χ1n) is 8.72. The lowest BCUT2D eigenvalue weighted by molar-refractivity contribution is 0.0907. The van der Waals surface area contributed by atoms with E-state index in [9.17, 15) is 4.79 Å². The van der Waals surface area contributed by atoms with E-state index in [1.54, 1.807) is 24.3 Å². The van der Waals surface area contributed by atoms with E-state index in [1.165, 1.54) is 0 Å². The molecule has 4 rings (SSSR count). The van der Waals surface area contributed by atoms with Gasteiger partial charge in [0.15, 0.2) is 5.82 Å². The second-order valence-electron chi connectivity index (χ2n) is 7.31. The Kier molecular flexibility index (Phi) is 4.46. The number of carbonyl (C=O) groups excluding carboxylic acids is 1. The number of benzene rings is 1. The van der Waals surface area contributed by atoms with E-state index in [2.05, 4.69) is 20.8 Å². The standard InChI is InChI=1S/C18H21ClN4O3/c1-18(2,22-15(24)10-4-3-5-11(19)8-10)17-21-16(26-23-17)13-9-14-12(20-13)6-7-25-14/h3-5,8,12-14,20H,6-7,9H2,1-2H3,(H,22,24)/t12-,13-,14-/m0/s1. The smallest absolute Gasteiger partial charge is 0.252 e. The Labute approximate surface area is 156 Å². The minimum Gasteiger partial charge on any atom is -0.376 e. The van der Waals surface area contributed by atoms with Gasteiger partial charge in [-0.25, -0.2) is 0 Å². The molecule has 26 heavy (non-hydrogen) atoms. The fourth-order valence-electron chi connectivity index (χ4n) is 3.47. The van der Waals surface area contributed by atoms with E-state index >= 15 is 0 Å². The van der Waals surface area contributed by atoms with Gasteiger partial charge in [-0.1, -0.05) is 22.8 Å². The molecule has 3 heterocycles. The van der Waals surface area contributed by atoms with Crippen LogP contribution in [0.4, 0.5) is 0 Å². The van der Waals surface area contributed by atoms with Gasteiger partial charge in [-0.3, -0.25) is 4.79 Å². The van der Waals surface area contributed by atoms with Crippen LogP contribution in [-0.2, 0) is 10.3 Å². The Morgan fingerprint density at radius 1 is 1.42 bits per heavy atom. The molecule has 2 aliphatic heterocycles.